The van der Waals surface area contributed by atoms with E-state index in [9.17, 15) is 4.79 Å². The van der Waals surface area contributed by atoms with E-state index < -0.39 is 0 Å². The van der Waals surface area contributed by atoms with Gasteiger partial charge >= 0.3 is 0 Å². The first-order chi connectivity index (χ1) is 13.0. The fourth-order valence-corrected chi connectivity index (χ4v) is 3.43. The van der Waals surface area contributed by atoms with Crippen molar-refractivity contribution in [2.24, 2.45) is 5.10 Å². The highest BCUT2D eigenvalue weighted by Gasteiger charge is 2.10. The van der Waals surface area contributed by atoms with Crippen molar-refractivity contribution in [3.8, 4) is 0 Å². The zero-order valence-electron chi connectivity index (χ0n) is 15.8. The fraction of sp³-hybridized carbons (Fsp3) is 0.350. The number of fused-ring (bicyclic) bond motifs is 1. The van der Waals surface area contributed by atoms with Crippen LogP contribution in [0.25, 0.3) is 10.9 Å². The maximum Gasteiger partial charge on any atom is 0.262 e. The van der Waals surface area contributed by atoms with Crippen molar-refractivity contribution in [2.75, 3.05) is 12.0 Å². The van der Waals surface area contributed by atoms with Crippen LogP contribution in [0.3, 0.4) is 0 Å². The maximum atomic E-state index is 12.9. The van der Waals surface area contributed by atoms with E-state index in [-0.39, 0.29) is 11.7 Å². The molecule has 2 heterocycles. The van der Waals surface area contributed by atoms with E-state index in [0.29, 0.717) is 30.0 Å². The molecule has 0 aliphatic heterocycles. The molecule has 3 aromatic rings. The molecule has 0 atom stereocenters. The Kier molecular flexibility index (Phi) is 6.36. The molecular weight excluding hydrogens is 360 g/mol. The third-order valence-corrected chi connectivity index (χ3v) is 4.89. The summed E-state index contributed by atoms with van der Waals surface area (Å²) in [7, 11) is 0. The van der Waals surface area contributed by atoms with Crippen LogP contribution in [0, 0.1) is 6.92 Å². The first-order valence-corrected chi connectivity index (χ1v) is 9.83. The van der Waals surface area contributed by atoms with Gasteiger partial charge in [-0.1, -0.05) is 12.1 Å². The average Bonchev–Trinajstić information content (AvgIpc) is 3.05. The highest BCUT2D eigenvalue weighted by molar-refractivity contribution is 7.13. The second kappa shape index (κ2) is 8.92. The minimum absolute atomic E-state index is 0.0742. The summed E-state index contributed by atoms with van der Waals surface area (Å²) in [6.07, 6.45) is 2.64. The van der Waals surface area contributed by atoms with Gasteiger partial charge in [0.2, 0.25) is 5.95 Å². The number of aryl methyl sites for hydroxylation is 1. The molecule has 7 heteroatoms. The largest absolute Gasteiger partial charge is 0.379 e. The molecule has 3 rings (SSSR count). The predicted octanol–water partition coefficient (Wildman–Crippen LogP) is 4.03. The predicted molar refractivity (Wildman–Crippen MR) is 112 cm³/mol. The average molecular weight is 385 g/mol. The topological polar surface area (TPSA) is 68.5 Å². The minimum atomic E-state index is -0.0742. The first-order valence-electron chi connectivity index (χ1n) is 9.01. The van der Waals surface area contributed by atoms with Crippen molar-refractivity contribution in [2.45, 2.75) is 39.8 Å². The lowest BCUT2D eigenvalue weighted by Crippen LogP contribution is -2.25. The SMILES string of the molecule is Cc1ccc(/C=N\Nc2nc3ccccc3c(=O)n2CCCOC(C)C)s1. The maximum absolute atomic E-state index is 12.9. The van der Waals surface area contributed by atoms with Crippen LogP contribution < -0.4 is 11.0 Å². The summed E-state index contributed by atoms with van der Waals surface area (Å²) < 4.78 is 7.22. The number of aromatic nitrogens is 2. The number of hydrazone groups is 1. The van der Waals surface area contributed by atoms with Crippen LogP contribution >= 0.6 is 11.3 Å². The Morgan fingerprint density at radius 1 is 1.30 bits per heavy atom. The van der Waals surface area contributed by atoms with Crippen molar-refractivity contribution in [1.29, 1.82) is 0 Å². The van der Waals surface area contributed by atoms with Gasteiger partial charge in [-0.2, -0.15) is 5.10 Å². The Morgan fingerprint density at radius 2 is 2.11 bits per heavy atom. The van der Waals surface area contributed by atoms with Crippen molar-refractivity contribution in [3.05, 3.63) is 56.5 Å². The molecule has 0 fully saturated rings. The number of nitrogens with zero attached hydrogens (tertiary/aromatic N) is 3. The number of hydrogen-bond acceptors (Lipinski definition) is 6. The van der Waals surface area contributed by atoms with Crippen LogP contribution in [-0.2, 0) is 11.3 Å². The van der Waals surface area contributed by atoms with Gasteiger partial charge in [-0.3, -0.25) is 9.36 Å². The number of benzene rings is 1. The van der Waals surface area contributed by atoms with Gasteiger partial charge in [0, 0.05) is 22.9 Å². The zero-order chi connectivity index (χ0) is 19.2. The van der Waals surface area contributed by atoms with E-state index in [2.05, 4.69) is 22.4 Å². The quantitative estimate of drug-likeness (QED) is 0.362. The van der Waals surface area contributed by atoms with E-state index in [1.165, 1.54) is 4.88 Å². The highest BCUT2D eigenvalue weighted by atomic mass is 32.1. The third kappa shape index (κ3) is 5.02. The molecule has 27 heavy (non-hydrogen) atoms. The Balaban J connectivity index is 1.85. The third-order valence-electron chi connectivity index (χ3n) is 3.96. The smallest absolute Gasteiger partial charge is 0.262 e. The van der Waals surface area contributed by atoms with E-state index >= 15 is 0 Å². The molecule has 0 aliphatic rings. The molecule has 0 saturated heterocycles. The van der Waals surface area contributed by atoms with E-state index in [1.807, 2.05) is 44.2 Å². The van der Waals surface area contributed by atoms with E-state index in [0.717, 1.165) is 11.3 Å². The van der Waals surface area contributed by atoms with Crippen LogP contribution in [-0.4, -0.2) is 28.5 Å². The van der Waals surface area contributed by atoms with Gasteiger partial charge in [0.05, 0.1) is 23.2 Å². The molecular formula is C20H24N4O2S. The second-order valence-electron chi connectivity index (χ2n) is 6.50. The Morgan fingerprint density at radius 3 is 2.85 bits per heavy atom. The first kappa shape index (κ1) is 19.3. The lowest BCUT2D eigenvalue weighted by Gasteiger charge is -2.13. The molecule has 6 nitrogen and oxygen atoms in total. The summed E-state index contributed by atoms with van der Waals surface area (Å²) in [6.45, 7) is 7.15. The van der Waals surface area contributed by atoms with Gasteiger partial charge in [0.25, 0.3) is 5.56 Å². The molecule has 0 aliphatic carbocycles. The van der Waals surface area contributed by atoms with Crippen LogP contribution in [0.4, 0.5) is 5.95 Å². The molecule has 0 unspecified atom stereocenters. The van der Waals surface area contributed by atoms with Crippen LogP contribution in [0.2, 0.25) is 0 Å². The van der Waals surface area contributed by atoms with Crippen molar-refractivity contribution < 1.29 is 4.74 Å². The molecule has 1 N–H and O–H groups in total. The van der Waals surface area contributed by atoms with Gasteiger partial charge in [0.15, 0.2) is 0 Å². The monoisotopic (exact) mass is 384 g/mol. The van der Waals surface area contributed by atoms with Crippen LogP contribution in [0.15, 0.2) is 46.3 Å². The molecule has 2 aromatic heterocycles. The Hall–Kier alpha value is -2.51. The summed E-state index contributed by atoms with van der Waals surface area (Å²) in [5.41, 5.74) is 3.52. The summed E-state index contributed by atoms with van der Waals surface area (Å²) in [5, 5.41) is 4.87. The van der Waals surface area contributed by atoms with Gasteiger partial charge in [-0.15, -0.1) is 11.3 Å². The second-order valence-corrected chi connectivity index (χ2v) is 7.82. The molecule has 142 valence electrons. The highest BCUT2D eigenvalue weighted by Crippen LogP contribution is 2.14. The number of para-hydroxylation sites is 1. The van der Waals surface area contributed by atoms with Crippen molar-refractivity contribution in [1.82, 2.24) is 9.55 Å². The number of thiophene rings is 1. The van der Waals surface area contributed by atoms with E-state index in [4.69, 9.17) is 4.74 Å². The summed E-state index contributed by atoms with van der Waals surface area (Å²) >= 11 is 1.66. The molecule has 0 radical (unpaired) electrons. The molecule has 0 bridgehead atoms. The summed E-state index contributed by atoms with van der Waals surface area (Å²) in [4.78, 5) is 19.8. The Bertz CT molecular complexity index is 991. The lowest BCUT2D eigenvalue weighted by atomic mass is 10.2. The molecule has 0 spiro atoms. The molecule has 0 amide bonds. The minimum Gasteiger partial charge on any atom is -0.379 e. The lowest BCUT2D eigenvalue weighted by molar-refractivity contribution is 0.0748. The summed E-state index contributed by atoms with van der Waals surface area (Å²) in [5.74, 6) is 0.438. The van der Waals surface area contributed by atoms with Crippen molar-refractivity contribution >= 4 is 34.4 Å². The van der Waals surface area contributed by atoms with Gasteiger partial charge < -0.3 is 4.74 Å². The number of hydrogen-bond donors (Lipinski definition) is 1. The summed E-state index contributed by atoms with van der Waals surface area (Å²) in [6, 6.07) is 11.4. The normalized spacial score (nSPS) is 11.7. The Labute approximate surface area is 162 Å². The van der Waals surface area contributed by atoms with Gasteiger partial charge in [-0.05, 0) is 51.5 Å². The number of nitrogens with one attached hydrogen (secondary N) is 1. The molecule has 0 saturated carbocycles. The zero-order valence-corrected chi connectivity index (χ0v) is 16.6. The van der Waals surface area contributed by atoms with Crippen LogP contribution in [0.5, 0.6) is 0 Å². The molecule has 1 aromatic carbocycles. The van der Waals surface area contributed by atoms with Gasteiger partial charge in [0.1, 0.15) is 0 Å². The number of ether oxygens (including phenoxy) is 1. The van der Waals surface area contributed by atoms with Crippen LogP contribution in [0.1, 0.15) is 30.0 Å². The number of anilines is 1. The van der Waals surface area contributed by atoms with Crippen molar-refractivity contribution in [3.63, 3.8) is 0 Å². The fourth-order valence-electron chi connectivity index (χ4n) is 2.68. The standard InChI is InChI=1S/C20H24N4O2S/c1-14(2)26-12-6-11-24-19(25)17-7-4-5-8-18(17)22-20(24)23-21-13-16-10-9-15(3)27-16/h4-5,7-10,13-14H,6,11-12H2,1-3H3,(H,22,23)/b21-13-. The van der Waals surface area contributed by atoms with E-state index in [1.54, 1.807) is 28.2 Å². The van der Waals surface area contributed by atoms with Gasteiger partial charge in [-0.25, -0.2) is 10.4 Å². The number of rotatable bonds is 8.